The van der Waals surface area contributed by atoms with Gasteiger partial charge >= 0.3 is 0 Å². The number of hydrogen-bond acceptors (Lipinski definition) is 5. The summed E-state index contributed by atoms with van der Waals surface area (Å²) < 4.78 is 16.1. The molecule has 0 amide bonds. The van der Waals surface area contributed by atoms with E-state index in [1.54, 1.807) is 7.11 Å². The lowest BCUT2D eigenvalue weighted by Gasteiger charge is -2.05. The van der Waals surface area contributed by atoms with Gasteiger partial charge in [-0.2, -0.15) is 4.98 Å². The van der Waals surface area contributed by atoms with Gasteiger partial charge in [-0.1, -0.05) is 11.2 Å². The van der Waals surface area contributed by atoms with Crippen LogP contribution in [-0.4, -0.2) is 17.3 Å². The van der Waals surface area contributed by atoms with Crippen molar-refractivity contribution in [3.8, 4) is 22.9 Å². The van der Waals surface area contributed by atoms with Crippen LogP contribution in [0.5, 0.6) is 11.5 Å². The molecule has 0 aliphatic carbocycles. The molecule has 118 valence electrons. The SMILES string of the molecule is COc1ccc(-c2noc(COc3cc(C)cc(C)c3)n2)cc1. The van der Waals surface area contributed by atoms with Gasteiger partial charge in [-0.25, -0.2) is 0 Å². The van der Waals surface area contributed by atoms with E-state index in [0.29, 0.717) is 11.7 Å². The quantitative estimate of drug-likeness (QED) is 0.714. The Kier molecular flexibility index (Phi) is 4.28. The Morgan fingerprint density at radius 2 is 1.65 bits per heavy atom. The Hall–Kier alpha value is -2.82. The largest absolute Gasteiger partial charge is 0.497 e. The van der Waals surface area contributed by atoms with Crippen LogP contribution in [0.25, 0.3) is 11.4 Å². The third-order valence-corrected chi connectivity index (χ3v) is 3.37. The van der Waals surface area contributed by atoms with Crippen LogP contribution in [-0.2, 0) is 6.61 Å². The molecule has 1 heterocycles. The van der Waals surface area contributed by atoms with E-state index >= 15 is 0 Å². The zero-order valence-corrected chi connectivity index (χ0v) is 13.4. The number of benzene rings is 2. The molecule has 5 nitrogen and oxygen atoms in total. The number of rotatable bonds is 5. The second-order valence-electron chi connectivity index (χ2n) is 5.35. The summed E-state index contributed by atoms with van der Waals surface area (Å²) >= 11 is 0. The van der Waals surface area contributed by atoms with E-state index in [2.05, 4.69) is 16.2 Å². The van der Waals surface area contributed by atoms with Crippen molar-refractivity contribution in [2.45, 2.75) is 20.5 Å². The Balaban J connectivity index is 1.69. The van der Waals surface area contributed by atoms with Crippen molar-refractivity contribution in [1.82, 2.24) is 10.1 Å². The molecule has 0 atom stereocenters. The highest BCUT2D eigenvalue weighted by atomic mass is 16.5. The van der Waals surface area contributed by atoms with Gasteiger partial charge in [0.05, 0.1) is 7.11 Å². The summed E-state index contributed by atoms with van der Waals surface area (Å²) in [6.45, 7) is 4.31. The first kappa shape index (κ1) is 15.1. The van der Waals surface area contributed by atoms with Crippen molar-refractivity contribution < 1.29 is 14.0 Å². The molecular formula is C18H18N2O3. The van der Waals surface area contributed by atoms with Gasteiger partial charge in [-0.05, 0) is 61.4 Å². The maximum Gasteiger partial charge on any atom is 0.264 e. The predicted octanol–water partition coefficient (Wildman–Crippen LogP) is 3.94. The maximum absolute atomic E-state index is 5.72. The number of nitrogens with zero attached hydrogens (tertiary/aromatic N) is 2. The van der Waals surface area contributed by atoms with Crippen LogP contribution in [0.1, 0.15) is 17.0 Å². The Morgan fingerprint density at radius 3 is 2.30 bits per heavy atom. The van der Waals surface area contributed by atoms with Crippen molar-refractivity contribution in [1.29, 1.82) is 0 Å². The maximum atomic E-state index is 5.72. The summed E-state index contributed by atoms with van der Waals surface area (Å²) in [4.78, 5) is 4.35. The minimum Gasteiger partial charge on any atom is -0.497 e. The van der Waals surface area contributed by atoms with Gasteiger partial charge in [0.25, 0.3) is 5.89 Å². The molecule has 23 heavy (non-hydrogen) atoms. The van der Waals surface area contributed by atoms with Crippen molar-refractivity contribution >= 4 is 0 Å². The van der Waals surface area contributed by atoms with E-state index in [0.717, 1.165) is 28.2 Å². The highest BCUT2D eigenvalue weighted by Crippen LogP contribution is 2.21. The van der Waals surface area contributed by atoms with Crippen LogP contribution in [0.15, 0.2) is 47.0 Å². The van der Waals surface area contributed by atoms with E-state index in [1.807, 2.05) is 50.2 Å². The molecule has 0 radical (unpaired) electrons. The second kappa shape index (κ2) is 6.52. The highest BCUT2D eigenvalue weighted by Gasteiger charge is 2.09. The lowest BCUT2D eigenvalue weighted by Crippen LogP contribution is -1.96. The topological polar surface area (TPSA) is 57.4 Å². The molecule has 0 spiro atoms. The highest BCUT2D eigenvalue weighted by molar-refractivity contribution is 5.55. The molecule has 0 aliphatic rings. The van der Waals surface area contributed by atoms with Crippen LogP contribution in [0.4, 0.5) is 0 Å². The summed E-state index contributed by atoms with van der Waals surface area (Å²) in [7, 11) is 1.63. The molecule has 1 aromatic heterocycles. The van der Waals surface area contributed by atoms with Crippen LogP contribution in [0.2, 0.25) is 0 Å². The molecule has 0 fully saturated rings. The van der Waals surface area contributed by atoms with Gasteiger partial charge in [0.15, 0.2) is 6.61 Å². The third-order valence-electron chi connectivity index (χ3n) is 3.37. The Morgan fingerprint density at radius 1 is 0.957 bits per heavy atom. The normalized spacial score (nSPS) is 10.6. The average Bonchev–Trinajstić information content (AvgIpc) is 3.01. The van der Waals surface area contributed by atoms with Gasteiger partial charge in [-0.3, -0.25) is 0 Å². The number of aromatic nitrogens is 2. The van der Waals surface area contributed by atoms with Crippen LogP contribution in [0.3, 0.4) is 0 Å². The van der Waals surface area contributed by atoms with Crippen LogP contribution < -0.4 is 9.47 Å². The van der Waals surface area contributed by atoms with E-state index in [4.69, 9.17) is 14.0 Å². The minimum absolute atomic E-state index is 0.242. The second-order valence-corrected chi connectivity index (χ2v) is 5.35. The summed E-state index contributed by atoms with van der Waals surface area (Å²) in [5, 5.41) is 3.98. The zero-order chi connectivity index (χ0) is 16.2. The molecule has 0 saturated heterocycles. The fourth-order valence-electron chi connectivity index (χ4n) is 2.33. The molecule has 2 aromatic carbocycles. The lowest BCUT2D eigenvalue weighted by molar-refractivity contribution is 0.242. The van der Waals surface area contributed by atoms with Crippen molar-refractivity contribution in [2.75, 3.05) is 7.11 Å². The van der Waals surface area contributed by atoms with Gasteiger partial charge in [0, 0.05) is 5.56 Å². The van der Waals surface area contributed by atoms with Crippen LogP contribution in [0, 0.1) is 13.8 Å². The molecular weight excluding hydrogens is 292 g/mol. The molecule has 0 N–H and O–H groups in total. The number of hydrogen-bond donors (Lipinski definition) is 0. The molecule has 0 unspecified atom stereocenters. The third kappa shape index (κ3) is 3.69. The number of aryl methyl sites for hydroxylation is 2. The fourth-order valence-corrected chi connectivity index (χ4v) is 2.33. The van der Waals surface area contributed by atoms with Gasteiger partial charge < -0.3 is 14.0 Å². The van der Waals surface area contributed by atoms with Crippen molar-refractivity contribution in [2.24, 2.45) is 0 Å². The van der Waals surface area contributed by atoms with E-state index in [-0.39, 0.29) is 6.61 Å². The van der Waals surface area contributed by atoms with Gasteiger partial charge in [0.1, 0.15) is 11.5 Å². The first-order valence-electron chi connectivity index (χ1n) is 7.32. The molecule has 0 bridgehead atoms. The molecule has 5 heteroatoms. The standard InChI is InChI=1S/C18H18N2O3/c1-12-8-13(2)10-16(9-12)22-11-17-19-18(20-23-17)14-4-6-15(21-3)7-5-14/h4-10H,11H2,1-3H3. The number of ether oxygens (including phenoxy) is 2. The number of methoxy groups -OCH3 is 1. The van der Waals surface area contributed by atoms with Crippen molar-refractivity contribution in [3.05, 3.63) is 59.5 Å². The van der Waals surface area contributed by atoms with E-state index in [1.165, 1.54) is 0 Å². The zero-order valence-electron chi connectivity index (χ0n) is 13.4. The predicted molar refractivity (Wildman–Crippen MR) is 86.5 cm³/mol. The average molecular weight is 310 g/mol. The minimum atomic E-state index is 0.242. The monoisotopic (exact) mass is 310 g/mol. The summed E-state index contributed by atoms with van der Waals surface area (Å²) in [6, 6.07) is 13.5. The first-order valence-corrected chi connectivity index (χ1v) is 7.32. The summed E-state index contributed by atoms with van der Waals surface area (Å²) in [5.74, 6) is 2.56. The fraction of sp³-hybridized carbons (Fsp3) is 0.222. The van der Waals surface area contributed by atoms with Crippen LogP contribution >= 0.6 is 0 Å². The van der Waals surface area contributed by atoms with E-state index < -0.39 is 0 Å². The van der Waals surface area contributed by atoms with E-state index in [9.17, 15) is 0 Å². The Labute approximate surface area is 134 Å². The summed E-state index contributed by atoms with van der Waals surface area (Å²) in [6.07, 6.45) is 0. The first-order chi connectivity index (χ1) is 11.1. The molecule has 3 aromatic rings. The molecule has 0 saturated carbocycles. The lowest BCUT2D eigenvalue weighted by atomic mass is 10.1. The molecule has 3 rings (SSSR count). The van der Waals surface area contributed by atoms with Crippen molar-refractivity contribution in [3.63, 3.8) is 0 Å². The van der Waals surface area contributed by atoms with Gasteiger partial charge in [0.2, 0.25) is 5.82 Å². The molecule has 0 aliphatic heterocycles. The van der Waals surface area contributed by atoms with Gasteiger partial charge in [-0.15, -0.1) is 0 Å². The smallest absolute Gasteiger partial charge is 0.264 e. The summed E-state index contributed by atoms with van der Waals surface area (Å²) in [5.41, 5.74) is 3.18. The Bertz CT molecular complexity index is 774.